The zero-order valence-electron chi connectivity index (χ0n) is 63.8. The zero-order chi connectivity index (χ0) is 84.4. The molecule has 2 aliphatic rings. The molecule has 0 bridgehead atoms. The molecule has 21 N–H and O–H groups in total. The van der Waals surface area contributed by atoms with Crippen molar-refractivity contribution in [2.24, 2.45) is 29.0 Å². The first kappa shape index (κ1) is 91.3. The summed E-state index contributed by atoms with van der Waals surface area (Å²) in [5.74, 6) is -19.8. The van der Waals surface area contributed by atoms with Crippen molar-refractivity contribution in [3.63, 3.8) is 0 Å². The Bertz CT molecular complexity index is 4300. The molecule has 3 aromatic carbocycles. The highest BCUT2D eigenvalue weighted by Crippen LogP contribution is 2.24. The van der Waals surface area contributed by atoms with Crippen LogP contribution in [0, 0.1) is 17.2 Å². The topological polar surface area (TPSA) is 605 Å². The monoisotopic (exact) mass is 1670 g/mol. The van der Waals surface area contributed by atoms with E-state index in [4.69, 9.17) is 27.3 Å². The number of nitrogens with two attached hydrogens (primary N) is 3. The van der Waals surface area contributed by atoms with Gasteiger partial charge in [0.05, 0.1) is 13.0 Å². The molecular weight excluding hydrogens is 1570 g/mol. The van der Waals surface area contributed by atoms with Crippen molar-refractivity contribution in [1.29, 1.82) is 5.41 Å². The van der Waals surface area contributed by atoms with Crippen LogP contribution in [0.1, 0.15) is 103 Å². The SMILES string of the molecule is CC(C)[C@H](NC(=O)[C@H](NC(=O)[C@@H]1CCCN1C(=O)[C@H](Cc1ccc(Br)cc1)NC(=O)[C@@H](C)NC=O)C(C)C)C(=O)N[C@H](Cc1c[nH]c2ccccc12)C(=O)N[C@@H](CCCNC(=N)N)C(=O)N[C@H](CS(=O)(=O)O)C(=O)N[C@@H]1C(=O)N(C)[C@@H](CCC(N)=O)C(=O)N[C@H](Cc2ccccc2)C(=O)NCC(=O)N[C@@H](CC(N)=O)C(=O)O[C@@H]1C. The third kappa shape index (κ3) is 27.6. The molecule has 0 radical (unpaired) electrons. The van der Waals surface area contributed by atoms with Gasteiger partial charge in [-0.15, -0.1) is 0 Å². The Hall–Kier alpha value is -11.6. The molecule has 2 saturated heterocycles. The first-order valence-electron chi connectivity index (χ1n) is 36.7. The Labute approximate surface area is 665 Å². The van der Waals surface area contributed by atoms with Crippen molar-refractivity contribution >= 4 is 138 Å². The van der Waals surface area contributed by atoms with Crippen molar-refractivity contribution in [3.05, 3.63) is 106 Å². The Morgan fingerprint density at radius 3 is 1.96 bits per heavy atom. The van der Waals surface area contributed by atoms with Gasteiger partial charge in [-0.25, -0.2) is 4.79 Å². The molecule has 0 unspecified atom stereocenters. The number of carbonyl (C=O) groups is 16. The average Bonchev–Trinajstić information content (AvgIpc) is 1.31. The second kappa shape index (κ2) is 42.9. The summed E-state index contributed by atoms with van der Waals surface area (Å²) in [5, 5.41) is 38.0. The molecule has 620 valence electrons. The van der Waals surface area contributed by atoms with Crippen LogP contribution in [0.4, 0.5) is 0 Å². The van der Waals surface area contributed by atoms with E-state index < -0.39 is 233 Å². The van der Waals surface area contributed by atoms with Crippen molar-refractivity contribution in [2.75, 3.05) is 32.4 Å². The summed E-state index contributed by atoms with van der Waals surface area (Å²) in [6, 6.07) is 2.08. The molecule has 2 aliphatic heterocycles. The molecule has 4 aromatic rings. The number of cyclic esters (lactones) is 1. The molecule has 0 aliphatic carbocycles. The summed E-state index contributed by atoms with van der Waals surface area (Å²) in [5.41, 5.74) is 18.7. The number of primary amides is 2. The first-order chi connectivity index (χ1) is 53.7. The lowest BCUT2D eigenvalue weighted by Gasteiger charge is -2.34. The van der Waals surface area contributed by atoms with Gasteiger partial charge in [-0.2, -0.15) is 8.42 Å². The fraction of sp³-hybridized carbons (Fsp3) is 0.493. The van der Waals surface area contributed by atoms with E-state index in [0.29, 0.717) is 45.3 Å². The number of likely N-dealkylation sites (N-methyl/N-ethyl adjacent to an activating group) is 1. The van der Waals surface area contributed by atoms with E-state index in [1.165, 1.54) is 11.8 Å². The molecule has 0 saturated carbocycles. The van der Waals surface area contributed by atoms with Gasteiger partial charge in [0, 0.05) is 67.4 Å². The van der Waals surface area contributed by atoms with E-state index in [0.717, 1.165) is 18.4 Å². The van der Waals surface area contributed by atoms with Crippen LogP contribution in [-0.4, -0.2) is 240 Å². The number of H-pyrrole nitrogens is 1. The Morgan fingerprint density at radius 1 is 0.711 bits per heavy atom. The van der Waals surface area contributed by atoms with E-state index in [9.17, 15) is 80.1 Å². The Balaban J connectivity index is 1.32. The summed E-state index contributed by atoms with van der Waals surface area (Å²) in [6.45, 7) is 7.87. The third-order valence-corrected chi connectivity index (χ3v) is 20.1. The van der Waals surface area contributed by atoms with Gasteiger partial charge < -0.3 is 101 Å². The molecule has 39 nitrogen and oxygen atoms in total. The van der Waals surface area contributed by atoms with E-state index >= 15 is 9.59 Å². The standard InChI is InChI=1S/C73H100BrN19O20S/c1-37(2)58(90-69(106)59(38(3)4)89-67(104)54-20-14-28-93(54)70(107)50(87-61(98)39(5)82-36-94)30-42-21-23-44(74)24-22-42)68(105)86-49(31-43-33-80-46-18-12-11-17-45(43)46)64(101)84-47(19-13-27-79-73(77)78)63(100)88-52(35-114(110,111)112)65(102)91-60-40(6)113-72(109)51(32-56(76)96)83-57(97)34-81-62(99)48(29-41-15-9-8-10-16-41)85-66(103)53(25-26-55(75)95)92(7)71(60)108/h8-12,15-18,21-24,33,36-40,47-54,58-60,80H,13-14,19-20,25-32,34-35H2,1-7H3,(H2,75,95)(H2,76,96)(H,81,99)(H,82,94)(H,83,97)(H,84,101)(H,85,103)(H,86,105)(H,87,98)(H,88,100)(H,89,104)(H,90,106)(H,91,102)(H4,77,78,79)(H,110,111,112)/t39-,40-,47+,48-,49-,50+,51+,52-,53+,54+,58+,59-,60+/m1/s1. The van der Waals surface area contributed by atoms with E-state index in [1.807, 2.05) is 0 Å². The molecule has 6 rings (SSSR count). The first-order valence-corrected chi connectivity index (χ1v) is 39.1. The predicted molar refractivity (Wildman–Crippen MR) is 413 cm³/mol. The molecule has 41 heteroatoms. The van der Waals surface area contributed by atoms with Crippen molar-refractivity contribution in [1.82, 2.24) is 78.6 Å². The number of hydrogen-bond acceptors (Lipinski definition) is 20. The van der Waals surface area contributed by atoms with Gasteiger partial charge in [-0.3, -0.25) is 81.9 Å². The van der Waals surface area contributed by atoms with Gasteiger partial charge in [0.15, 0.2) is 5.96 Å². The van der Waals surface area contributed by atoms with E-state index in [-0.39, 0.29) is 45.2 Å². The quantitative estimate of drug-likeness (QED) is 0.00514. The number of nitrogens with one attached hydrogen (secondary N) is 14. The zero-order valence-corrected chi connectivity index (χ0v) is 66.2. The highest BCUT2D eigenvalue weighted by atomic mass is 79.9. The highest BCUT2D eigenvalue weighted by molar-refractivity contribution is 9.10. The maximum absolute atomic E-state index is 15.2. The average molecular weight is 1680 g/mol. The summed E-state index contributed by atoms with van der Waals surface area (Å²) in [4.78, 5) is 229. The van der Waals surface area contributed by atoms with Gasteiger partial charge in [-0.05, 0) is 92.7 Å². The number of carbonyl (C=O) groups excluding carboxylic acids is 16. The summed E-state index contributed by atoms with van der Waals surface area (Å²) in [6.07, 6.45) is -2.88. The summed E-state index contributed by atoms with van der Waals surface area (Å²) >= 11 is 3.39. The third-order valence-electron chi connectivity index (χ3n) is 18.9. The summed E-state index contributed by atoms with van der Waals surface area (Å²) in [7, 11) is -4.40. The fourth-order valence-corrected chi connectivity index (χ4v) is 13.6. The minimum atomic E-state index is -5.40. The second-order valence-corrected chi connectivity index (χ2v) is 30.8. The van der Waals surface area contributed by atoms with Gasteiger partial charge in [0.25, 0.3) is 10.1 Å². The van der Waals surface area contributed by atoms with Gasteiger partial charge in [0.1, 0.15) is 84.4 Å². The minimum Gasteiger partial charge on any atom is -0.458 e. The number of amides is 15. The maximum atomic E-state index is 15.2. The van der Waals surface area contributed by atoms with E-state index in [2.05, 4.69) is 84.7 Å². The fourth-order valence-electron chi connectivity index (χ4n) is 12.7. The maximum Gasteiger partial charge on any atom is 0.329 e. The normalized spacial score (nSPS) is 19.6. The number of aromatic nitrogens is 1. The van der Waals surface area contributed by atoms with Crippen LogP contribution >= 0.6 is 15.9 Å². The number of rotatable bonds is 36. The van der Waals surface area contributed by atoms with Crippen LogP contribution in [-0.2, 0) is 111 Å². The lowest BCUT2D eigenvalue weighted by Crippen LogP contribution is -2.63. The number of para-hydroxylation sites is 1. The number of guanidine groups is 1. The Kier molecular flexibility index (Phi) is 34.3. The van der Waals surface area contributed by atoms with Gasteiger partial charge >= 0.3 is 5.97 Å². The van der Waals surface area contributed by atoms with Crippen LogP contribution in [0.3, 0.4) is 0 Å². The van der Waals surface area contributed by atoms with Crippen LogP contribution in [0.5, 0.6) is 0 Å². The lowest BCUT2D eigenvalue weighted by atomic mass is 9.98. The Morgan fingerprint density at radius 2 is 1.32 bits per heavy atom. The number of fused-ring (bicyclic) bond motifs is 1. The molecule has 15 amide bonds. The number of esters is 1. The lowest BCUT2D eigenvalue weighted by molar-refractivity contribution is -0.159. The predicted octanol–water partition coefficient (Wildman–Crippen LogP) is -4.06. The minimum absolute atomic E-state index is 0.00286. The number of benzene rings is 3. The van der Waals surface area contributed by atoms with Crippen molar-refractivity contribution in [2.45, 2.75) is 184 Å². The number of likely N-dealkylation sites (tertiary alicyclic amines) is 1. The van der Waals surface area contributed by atoms with Crippen LogP contribution < -0.4 is 81.0 Å². The molecule has 3 heterocycles. The molecule has 114 heavy (non-hydrogen) atoms. The number of aromatic amines is 1. The second-order valence-electron chi connectivity index (χ2n) is 28.4. The number of halogens is 1. The highest BCUT2D eigenvalue weighted by Gasteiger charge is 2.44. The number of nitrogens with zero attached hydrogens (tertiary/aromatic N) is 2. The van der Waals surface area contributed by atoms with Gasteiger partial charge in [-0.1, -0.05) is 104 Å². The van der Waals surface area contributed by atoms with Crippen molar-refractivity contribution < 1.29 is 94.4 Å². The smallest absolute Gasteiger partial charge is 0.329 e. The van der Waals surface area contributed by atoms with Crippen LogP contribution in [0.15, 0.2) is 89.5 Å². The van der Waals surface area contributed by atoms with Crippen LogP contribution in [0.25, 0.3) is 10.9 Å². The number of hydrogen-bond donors (Lipinski definition) is 18. The summed E-state index contributed by atoms with van der Waals surface area (Å²) < 4.78 is 42.7. The van der Waals surface area contributed by atoms with Crippen molar-refractivity contribution in [3.8, 4) is 0 Å². The molecule has 13 atom stereocenters. The molecular formula is C73H100BrN19O20S. The molecule has 2 fully saturated rings. The van der Waals surface area contributed by atoms with Gasteiger partial charge in [0.2, 0.25) is 89.1 Å². The molecule has 1 aromatic heterocycles. The van der Waals surface area contributed by atoms with E-state index in [1.54, 1.807) is 113 Å². The largest absolute Gasteiger partial charge is 0.458 e. The number of ether oxygens (including phenoxy) is 1. The molecule has 0 spiro atoms. The van der Waals surface area contributed by atoms with Crippen LogP contribution in [0.2, 0.25) is 0 Å².